The first-order valence-electron chi connectivity index (χ1n) is 11.8. The molecule has 1 aromatic rings. The van der Waals surface area contributed by atoms with Gasteiger partial charge in [-0.25, -0.2) is 9.79 Å². The smallest absolute Gasteiger partial charge is 0.338 e. The Bertz CT molecular complexity index is 1140. The Hall–Kier alpha value is -3.24. The summed E-state index contributed by atoms with van der Waals surface area (Å²) in [4.78, 5) is 37.3. The van der Waals surface area contributed by atoms with E-state index < -0.39 is 12.0 Å². The Morgan fingerprint density at radius 2 is 1.94 bits per heavy atom. The summed E-state index contributed by atoms with van der Waals surface area (Å²) in [7, 11) is 5.22. The maximum atomic E-state index is 13.3. The third kappa shape index (κ3) is 5.15. The highest BCUT2D eigenvalue weighted by molar-refractivity contribution is 8.16. The summed E-state index contributed by atoms with van der Waals surface area (Å²) in [6.45, 7) is 8.62. The van der Waals surface area contributed by atoms with Crippen LogP contribution in [0, 0.1) is 0 Å². The summed E-state index contributed by atoms with van der Waals surface area (Å²) in [6, 6.07) is 4.90. The van der Waals surface area contributed by atoms with Gasteiger partial charge in [-0.05, 0) is 31.5 Å². The number of hydrogen-bond donors (Lipinski definition) is 0. The minimum Gasteiger partial charge on any atom is -0.497 e. The van der Waals surface area contributed by atoms with Crippen LogP contribution in [-0.2, 0) is 14.3 Å². The Balaban J connectivity index is 1.72. The number of piperazine rings is 1. The Morgan fingerprint density at radius 1 is 1.19 bits per heavy atom. The number of rotatable bonds is 8. The number of esters is 1. The van der Waals surface area contributed by atoms with Crippen molar-refractivity contribution in [1.82, 2.24) is 14.7 Å². The Labute approximate surface area is 216 Å². The summed E-state index contributed by atoms with van der Waals surface area (Å²) < 4.78 is 16.6. The molecule has 36 heavy (non-hydrogen) atoms. The van der Waals surface area contributed by atoms with Crippen LogP contribution in [0.4, 0.5) is 0 Å². The zero-order valence-corrected chi connectivity index (χ0v) is 22.0. The lowest BCUT2D eigenvalue weighted by atomic mass is 9.93. The van der Waals surface area contributed by atoms with Gasteiger partial charge in [-0.1, -0.05) is 24.4 Å². The number of amides is 1. The molecule has 3 aliphatic heterocycles. The van der Waals surface area contributed by atoms with Crippen LogP contribution in [0.15, 0.2) is 58.2 Å². The molecule has 1 atom stereocenters. The molecule has 0 N–H and O–H groups in total. The summed E-state index contributed by atoms with van der Waals surface area (Å²) in [5, 5.41) is 2.65. The van der Waals surface area contributed by atoms with Gasteiger partial charge >= 0.3 is 5.97 Å². The van der Waals surface area contributed by atoms with E-state index in [-0.39, 0.29) is 18.9 Å². The number of amidine groups is 1. The van der Waals surface area contributed by atoms with Crippen molar-refractivity contribution in [2.45, 2.75) is 19.4 Å². The van der Waals surface area contributed by atoms with Crippen molar-refractivity contribution in [3.63, 3.8) is 0 Å². The van der Waals surface area contributed by atoms with Gasteiger partial charge in [0, 0.05) is 43.5 Å². The van der Waals surface area contributed by atoms with Gasteiger partial charge in [0.25, 0.3) is 0 Å². The molecule has 10 heteroatoms. The second-order valence-electron chi connectivity index (χ2n) is 8.75. The number of thioether (sulfide) groups is 1. The third-order valence-electron chi connectivity index (χ3n) is 6.48. The largest absolute Gasteiger partial charge is 0.497 e. The first-order valence-corrected chi connectivity index (χ1v) is 12.7. The molecule has 1 saturated heterocycles. The molecular weight excluding hydrogens is 480 g/mol. The molecule has 9 nitrogen and oxygen atoms in total. The first-order chi connectivity index (χ1) is 17.4. The summed E-state index contributed by atoms with van der Waals surface area (Å²) in [6.07, 6.45) is 1.73. The second-order valence-corrected chi connectivity index (χ2v) is 9.59. The number of ether oxygens (including phenoxy) is 3. The van der Waals surface area contributed by atoms with Crippen molar-refractivity contribution in [1.29, 1.82) is 0 Å². The van der Waals surface area contributed by atoms with E-state index in [0.717, 1.165) is 24.4 Å². The molecule has 0 radical (unpaired) electrons. The monoisotopic (exact) mass is 512 g/mol. The highest BCUT2D eigenvalue weighted by Crippen LogP contribution is 2.47. The maximum absolute atomic E-state index is 13.3. The molecule has 192 valence electrons. The van der Waals surface area contributed by atoms with Gasteiger partial charge < -0.3 is 28.9 Å². The lowest BCUT2D eigenvalue weighted by Crippen LogP contribution is -2.47. The molecule has 1 aromatic carbocycles. The first kappa shape index (κ1) is 25.8. The van der Waals surface area contributed by atoms with Gasteiger partial charge in [0.1, 0.15) is 18.1 Å². The quantitative estimate of drug-likeness (QED) is 0.388. The number of nitrogens with zero attached hydrogens (tertiary/aromatic N) is 4. The predicted molar refractivity (Wildman–Crippen MR) is 140 cm³/mol. The molecule has 4 rings (SSSR count). The van der Waals surface area contributed by atoms with Crippen molar-refractivity contribution in [3.05, 3.63) is 58.8 Å². The molecule has 1 fully saturated rings. The number of hydrogen-bond acceptors (Lipinski definition) is 9. The molecular formula is C26H32N4O5S. The van der Waals surface area contributed by atoms with Crippen LogP contribution < -0.4 is 9.47 Å². The van der Waals surface area contributed by atoms with E-state index in [2.05, 4.69) is 18.5 Å². The molecule has 0 spiro atoms. The van der Waals surface area contributed by atoms with E-state index in [1.807, 2.05) is 27.3 Å². The molecule has 3 heterocycles. The fourth-order valence-electron chi connectivity index (χ4n) is 4.50. The van der Waals surface area contributed by atoms with E-state index in [1.54, 1.807) is 27.2 Å². The van der Waals surface area contributed by atoms with E-state index in [0.29, 0.717) is 41.0 Å². The Morgan fingerprint density at radius 3 is 2.61 bits per heavy atom. The number of carbonyl (C=O) groups excluding carboxylic acids is 2. The van der Waals surface area contributed by atoms with Crippen molar-refractivity contribution in [2.24, 2.45) is 4.99 Å². The number of carbonyl (C=O) groups is 2. The summed E-state index contributed by atoms with van der Waals surface area (Å²) in [5.41, 5.74) is 2.48. The highest BCUT2D eigenvalue weighted by atomic mass is 32.2. The molecule has 1 amide bonds. The van der Waals surface area contributed by atoms with Crippen molar-refractivity contribution < 1.29 is 23.8 Å². The minimum atomic E-state index is -0.586. The van der Waals surface area contributed by atoms with Crippen molar-refractivity contribution in [3.8, 4) is 11.5 Å². The number of methoxy groups -OCH3 is 2. The molecule has 0 aliphatic carbocycles. The standard InChI is InChI=1S/C26H32N4O5S/c1-6-13-35-25(32)23-17(2)27-26-30(24(23)20-8-7-19(33-4)15-21(20)34-5)18(16-36-26)14-22(31)29-11-9-28(3)10-12-29/h6-8,15-16,24H,1,9-14H2,2-5H3/t24-/m1/s1. The lowest BCUT2D eigenvalue weighted by molar-refractivity contribution is -0.138. The minimum absolute atomic E-state index is 0.0544. The predicted octanol–water partition coefficient (Wildman–Crippen LogP) is 3.17. The highest BCUT2D eigenvalue weighted by Gasteiger charge is 2.42. The van der Waals surface area contributed by atoms with Crippen LogP contribution in [0.3, 0.4) is 0 Å². The van der Waals surface area contributed by atoms with Gasteiger partial charge in [-0.3, -0.25) is 4.79 Å². The third-order valence-corrected chi connectivity index (χ3v) is 7.37. The van der Waals surface area contributed by atoms with Crippen molar-refractivity contribution >= 4 is 28.8 Å². The zero-order valence-electron chi connectivity index (χ0n) is 21.2. The number of aliphatic imine (C=N–C) groups is 1. The number of allylic oxidation sites excluding steroid dienone is 1. The number of fused-ring (bicyclic) bond motifs is 1. The van der Waals surface area contributed by atoms with E-state index in [4.69, 9.17) is 19.2 Å². The topological polar surface area (TPSA) is 83.9 Å². The summed E-state index contributed by atoms with van der Waals surface area (Å²) in [5.74, 6) is 0.760. The SMILES string of the molecule is C=CCOC(=O)C1=C(C)N=C2SC=C(CC(=O)N3CCN(C)CC3)N2[C@@H]1c1ccc(OC)cc1OC. The summed E-state index contributed by atoms with van der Waals surface area (Å²) >= 11 is 1.45. The fraction of sp³-hybridized carbons (Fsp3) is 0.423. The van der Waals surface area contributed by atoms with E-state index in [9.17, 15) is 9.59 Å². The van der Waals surface area contributed by atoms with Gasteiger partial charge in [0.2, 0.25) is 5.91 Å². The van der Waals surface area contributed by atoms with E-state index >= 15 is 0 Å². The zero-order chi connectivity index (χ0) is 25.8. The second kappa shape index (κ2) is 11.2. The van der Waals surface area contributed by atoms with Crippen LogP contribution in [0.2, 0.25) is 0 Å². The van der Waals surface area contributed by atoms with Gasteiger partial charge in [0.15, 0.2) is 5.17 Å². The number of benzene rings is 1. The fourth-order valence-corrected chi connectivity index (χ4v) is 5.47. The van der Waals surface area contributed by atoms with Gasteiger partial charge in [-0.2, -0.15) is 0 Å². The molecule has 0 aromatic heterocycles. The molecule has 0 unspecified atom stereocenters. The molecule has 3 aliphatic rings. The van der Waals surface area contributed by atoms with Crippen LogP contribution >= 0.6 is 11.8 Å². The van der Waals surface area contributed by atoms with Gasteiger partial charge in [-0.15, -0.1) is 0 Å². The van der Waals surface area contributed by atoms with Crippen LogP contribution in [0.1, 0.15) is 24.9 Å². The average Bonchev–Trinajstić information content (AvgIpc) is 3.28. The molecule has 0 saturated carbocycles. The van der Waals surface area contributed by atoms with Crippen LogP contribution in [-0.4, -0.2) is 85.8 Å². The van der Waals surface area contributed by atoms with Crippen LogP contribution in [0.5, 0.6) is 11.5 Å². The lowest BCUT2D eigenvalue weighted by Gasteiger charge is -2.37. The Kier molecular flexibility index (Phi) is 8.05. The van der Waals surface area contributed by atoms with Crippen molar-refractivity contribution in [2.75, 3.05) is 54.1 Å². The average molecular weight is 513 g/mol. The maximum Gasteiger partial charge on any atom is 0.338 e. The van der Waals surface area contributed by atoms with Crippen LogP contribution in [0.25, 0.3) is 0 Å². The normalized spacial score (nSPS) is 19.9. The van der Waals surface area contributed by atoms with Gasteiger partial charge in [0.05, 0.1) is 38.0 Å². The molecule has 0 bridgehead atoms. The number of likely N-dealkylation sites (N-methyl/N-ethyl adjacent to an activating group) is 1. The van der Waals surface area contributed by atoms with E-state index in [1.165, 1.54) is 17.8 Å².